The van der Waals surface area contributed by atoms with Gasteiger partial charge in [0.2, 0.25) is 0 Å². The summed E-state index contributed by atoms with van der Waals surface area (Å²) in [5.74, 6) is 0.187. The smallest absolute Gasteiger partial charge is 0.317 e. The number of esters is 1. The van der Waals surface area contributed by atoms with Crippen LogP contribution in [0.5, 0.6) is 5.75 Å². The lowest BCUT2D eigenvalue weighted by atomic mass is 9.96. The van der Waals surface area contributed by atoms with Gasteiger partial charge in [-0.2, -0.15) is 0 Å². The molecular weight excluding hydrogens is 330 g/mol. The van der Waals surface area contributed by atoms with Crippen LogP contribution in [-0.4, -0.2) is 32.1 Å². The molecule has 3 rings (SSSR count). The predicted octanol–water partition coefficient (Wildman–Crippen LogP) is 2.63. The molecule has 0 atom stereocenters. The Bertz CT molecular complexity index is 769. The molecule has 5 heteroatoms. The zero-order valence-corrected chi connectivity index (χ0v) is 14.9. The fourth-order valence-electron chi connectivity index (χ4n) is 3.06. The van der Waals surface area contributed by atoms with Crippen molar-refractivity contribution in [2.45, 2.75) is 24.7 Å². The van der Waals surface area contributed by atoms with Gasteiger partial charge in [0.15, 0.2) is 6.61 Å². The third-order valence-corrected chi connectivity index (χ3v) is 4.71. The molecule has 1 N–H and O–H groups in total. The number of para-hydroxylation sites is 1. The minimum atomic E-state index is -0.557. The normalized spacial score (nSPS) is 14.3. The maximum Gasteiger partial charge on any atom is 0.317 e. The van der Waals surface area contributed by atoms with Gasteiger partial charge < -0.3 is 14.8 Å². The fourth-order valence-corrected chi connectivity index (χ4v) is 3.06. The molecule has 0 radical (unpaired) electrons. The number of methoxy groups -OCH3 is 1. The monoisotopic (exact) mass is 353 g/mol. The molecule has 1 fully saturated rings. The van der Waals surface area contributed by atoms with Gasteiger partial charge in [-0.25, -0.2) is 0 Å². The summed E-state index contributed by atoms with van der Waals surface area (Å²) in [4.78, 5) is 24.3. The molecule has 0 bridgehead atoms. The topological polar surface area (TPSA) is 64.6 Å². The van der Waals surface area contributed by atoms with Crippen LogP contribution in [0.3, 0.4) is 0 Å². The van der Waals surface area contributed by atoms with Crippen LogP contribution < -0.4 is 10.1 Å². The van der Waals surface area contributed by atoms with Crippen molar-refractivity contribution in [3.63, 3.8) is 0 Å². The number of ether oxygens (including phenoxy) is 2. The van der Waals surface area contributed by atoms with E-state index in [1.54, 1.807) is 7.11 Å². The van der Waals surface area contributed by atoms with Gasteiger partial charge in [0.25, 0.3) is 5.91 Å². The highest BCUT2D eigenvalue weighted by molar-refractivity contribution is 5.88. The van der Waals surface area contributed by atoms with E-state index in [1.165, 1.54) is 0 Å². The van der Waals surface area contributed by atoms with Crippen LogP contribution in [0.2, 0.25) is 0 Å². The zero-order chi connectivity index (χ0) is 18.4. The fraction of sp³-hybridized carbons (Fsp3) is 0.333. The summed E-state index contributed by atoms with van der Waals surface area (Å²) in [6.07, 6.45) is 2.19. The van der Waals surface area contributed by atoms with Gasteiger partial charge in [0.1, 0.15) is 5.75 Å². The number of hydrogen-bond acceptors (Lipinski definition) is 4. The van der Waals surface area contributed by atoms with E-state index in [4.69, 9.17) is 9.47 Å². The van der Waals surface area contributed by atoms with Crippen molar-refractivity contribution in [1.82, 2.24) is 5.32 Å². The van der Waals surface area contributed by atoms with Gasteiger partial charge in [-0.15, -0.1) is 0 Å². The van der Waals surface area contributed by atoms with Gasteiger partial charge in [-0.1, -0.05) is 48.5 Å². The molecule has 0 saturated heterocycles. The largest absolute Gasteiger partial charge is 0.496 e. The van der Waals surface area contributed by atoms with Crippen LogP contribution >= 0.6 is 0 Å². The maximum absolute atomic E-state index is 12.4. The first-order chi connectivity index (χ1) is 12.7. The molecule has 0 aromatic heterocycles. The third kappa shape index (κ3) is 4.04. The van der Waals surface area contributed by atoms with Gasteiger partial charge in [-0.3, -0.25) is 9.59 Å². The predicted molar refractivity (Wildman–Crippen MR) is 98.0 cm³/mol. The molecule has 5 nitrogen and oxygen atoms in total. The van der Waals surface area contributed by atoms with Crippen molar-refractivity contribution in [3.8, 4) is 5.75 Å². The molecule has 2 aromatic carbocycles. The van der Waals surface area contributed by atoms with Crippen molar-refractivity contribution in [2.75, 3.05) is 20.3 Å². The molecule has 0 spiro atoms. The van der Waals surface area contributed by atoms with Crippen molar-refractivity contribution in [3.05, 3.63) is 65.7 Å². The van der Waals surface area contributed by atoms with Crippen LogP contribution in [0.1, 0.15) is 24.0 Å². The Morgan fingerprint density at radius 2 is 1.73 bits per heavy atom. The van der Waals surface area contributed by atoms with Crippen LogP contribution in [0, 0.1) is 0 Å². The molecule has 1 saturated carbocycles. The first-order valence-corrected chi connectivity index (χ1v) is 8.77. The van der Waals surface area contributed by atoms with Crippen LogP contribution in [0.4, 0.5) is 0 Å². The summed E-state index contributed by atoms with van der Waals surface area (Å²) in [6, 6.07) is 17.3. The highest BCUT2D eigenvalue weighted by Crippen LogP contribution is 2.49. The van der Waals surface area contributed by atoms with E-state index >= 15 is 0 Å². The van der Waals surface area contributed by atoms with Crippen LogP contribution in [-0.2, 0) is 26.2 Å². The molecule has 0 aliphatic heterocycles. The summed E-state index contributed by atoms with van der Waals surface area (Å²) in [5, 5.41) is 2.78. The van der Waals surface area contributed by atoms with Crippen molar-refractivity contribution in [2.24, 2.45) is 0 Å². The van der Waals surface area contributed by atoms with Crippen molar-refractivity contribution in [1.29, 1.82) is 0 Å². The number of carbonyl (C=O) groups is 2. The molecule has 1 amide bonds. The van der Waals surface area contributed by atoms with Crippen molar-refractivity contribution >= 4 is 11.9 Å². The lowest BCUT2D eigenvalue weighted by molar-refractivity contribution is -0.151. The van der Waals surface area contributed by atoms with Gasteiger partial charge in [-0.05, 0) is 36.5 Å². The second kappa shape index (κ2) is 8.04. The second-order valence-electron chi connectivity index (χ2n) is 6.44. The lowest BCUT2D eigenvalue weighted by Crippen LogP contribution is -2.33. The minimum absolute atomic E-state index is 0.251. The van der Waals surface area contributed by atoms with Gasteiger partial charge in [0, 0.05) is 6.54 Å². The van der Waals surface area contributed by atoms with E-state index < -0.39 is 5.41 Å². The Morgan fingerprint density at radius 1 is 1.04 bits per heavy atom. The summed E-state index contributed by atoms with van der Waals surface area (Å²) in [5.41, 5.74) is 1.42. The molecule has 136 valence electrons. The average Bonchev–Trinajstić information content (AvgIpc) is 3.49. The Labute approximate surface area is 153 Å². The van der Waals surface area contributed by atoms with E-state index in [9.17, 15) is 9.59 Å². The molecule has 1 aliphatic rings. The maximum atomic E-state index is 12.4. The Kier molecular flexibility index (Phi) is 5.56. The highest BCUT2D eigenvalue weighted by Gasteiger charge is 2.52. The average molecular weight is 353 g/mol. The van der Waals surface area contributed by atoms with E-state index in [0.29, 0.717) is 13.0 Å². The highest BCUT2D eigenvalue weighted by atomic mass is 16.5. The second-order valence-corrected chi connectivity index (χ2v) is 6.44. The first kappa shape index (κ1) is 18.0. The molecule has 0 heterocycles. The van der Waals surface area contributed by atoms with E-state index in [-0.39, 0.29) is 18.5 Å². The summed E-state index contributed by atoms with van der Waals surface area (Å²) >= 11 is 0. The van der Waals surface area contributed by atoms with Crippen molar-refractivity contribution < 1.29 is 19.1 Å². The lowest BCUT2D eigenvalue weighted by Gasteiger charge is -2.15. The summed E-state index contributed by atoms with van der Waals surface area (Å²) in [7, 11) is 1.62. The summed E-state index contributed by atoms with van der Waals surface area (Å²) < 4.78 is 10.5. The standard InChI is InChI=1S/C21H23NO4/c1-25-18-10-6-5-7-16(18)11-14-22-19(23)15-26-20(24)21(12-13-21)17-8-3-2-4-9-17/h2-10H,11-15H2,1H3,(H,22,23). The van der Waals surface area contributed by atoms with Gasteiger partial charge in [0.05, 0.1) is 12.5 Å². The van der Waals surface area contributed by atoms with E-state index in [1.807, 2.05) is 54.6 Å². The minimum Gasteiger partial charge on any atom is -0.496 e. The molecule has 2 aromatic rings. The third-order valence-electron chi connectivity index (χ3n) is 4.71. The number of hydrogen-bond donors (Lipinski definition) is 1. The van der Waals surface area contributed by atoms with Gasteiger partial charge >= 0.3 is 5.97 Å². The SMILES string of the molecule is COc1ccccc1CCNC(=O)COC(=O)C1(c2ccccc2)CC1. The molecule has 0 unspecified atom stereocenters. The summed E-state index contributed by atoms with van der Waals surface area (Å²) in [6.45, 7) is 0.208. The quantitative estimate of drug-likeness (QED) is 0.741. The Balaban J connectivity index is 1.44. The molecule has 26 heavy (non-hydrogen) atoms. The number of benzene rings is 2. The van der Waals surface area contributed by atoms with E-state index in [2.05, 4.69) is 5.32 Å². The first-order valence-electron chi connectivity index (χ1n) is 8.77. The number of carbonyl (C=O) groups excluding carboxylic acids is 2. The van der Waals surface area contributed by atoms with E-state index in [0.717, 1.165) is 29.7 Å². The Hall–Kier alpha value is -2.82. The van der Waals surface area contributed by atoms with Crippen LogP contribution in [0.25, 0.3) is 0 Å². The molecule has 1 aliphatic carbocycles. The Morgan fingerprint density at radius 3 is 2.42 bits per heavy atom. The zero-order valence-electron chi connectivity index (χ0n) is 14.9. The number of amides is 1. The molecular formula is C21H23NO4. The number of rotatable bonds is 8. The van der Waals surface area contributed by atoms with Crippen LogP contribution in [0.15, 0.2) is 54.6 Å². The number of nitrogens with one attached hydrogen (secondary N) is 1.